The van der Waals surface area contributed by atoms with Crippen LogP contribution in [0.15, 0.2) is 0 Å². The quantitative estimate of drug-likeness (QED) is 0.846. The molecule has 3 aliphatic heterocycles. The monoisotopic (exact) mass is 286 g/mol. The number of aliphatic hydroxyl groups excluding tert-OH is 1. The van der Waals surface area contributed by atoms with Crippen LogP contribution in [-0.4, -0.2) is 48.1 Å². The Bertz CT molecular complexity index is 280. The molecule has 110 valence electrons. The van der Waals surface area contributed by atoms with Crippen LogP contribution in [0.1, 0.15) is 38.5 Å². The lowest BCUT2D eigenvalue weighted by molar-refractivity contribution is -0.132. The molecular formula is C15H26O3S. The third-order valence-corrected chi connectivity index (χ3v) is 6.15. The van der Waals surface area contributed by atoms with Gasteiger partial charge >= 0.3 is 0 Å². The summed E-state index contributed by atoms with van der Waals surface area (Å²) < 4.78 is 11.5. The molecule has 3 rings (SSSR count). The topological polar surface area (TPSA) is 38.7 Å². The van der Waals surface area contributed by atoms with Gasteiger partial charge in [-0.2, -0.15) is 11.8 Å². The van der Waals surface area contributed by atoms with Gasteiger partial charge in [0.25, 0.3) is 0 Å². The van der Waals surface area contributed by atoms with E-state index in [4.69, 9.17) is 9.47 Å². The molecule has 3 nitrogen and oxygen atoms in total. The van der Waals surface area contributed by atoms with Gasteiger partial charge < -0.3 is 14.6 Å². The largest absolute Gasteiger partial charge is 0.393 e. The van der Waals surface area contributed by atoms with E-state index < -0.39 is 0 Å². The van der Waals surface area contributed by atoms with E-state index in [1.54, 1.807) is 0 Å². The SMILES string of the molecule is OC(C1CCOCC1)C1CCOC2(CCSCC2)C1. The van der Waals surface area contributed by atoms with Gasteiger partial charge in [0.15, 0.2) is 0 Å². The van der Waals surface area contributed by atoms with Gasteiger partial charge in [0, 0.05) is 19.8 Å². The number of ether oxygens (including phenoxy) is 2. The van der Waals surface area contributed by atoms with Crippen molar-refractivity contribution in [2.75, 3.05) is 31.3 Å². The van der Waals surface area contributed by atoms with Gasteiger partial charge in [0.1, 0.15) is 0 Å². The zero-order valence-corrected chi connectivity index (χ0v) is 12.5. The first-order chi connectivity index (χ1) is 9.29. The highest BCUT2D eigenvalue weighted by molar-refractivity contribution is 7.99. The maximum atomic E-state index is 10.7. The molecule has 3 saturated heterocycles. The lowest BCUT2D eigenvalue weighted by atomic mass is 9.75. The number of aliphatic hydroxyl groups is 1. The van der Waals surface area contributed by atoms with Crippen molar-refractivity contribution in [1.82, 2.24) is 0 Å². The molecule has 0 amide bonds. The lowest BCUT2D eigenvalue weighted by Crippen LogP contribution is -2.47. The van der Waals surface area contributed by atoms with Crippen LogP contribution in [0.5, 0.6) is 0 Å². The molecular weight excluding hydrogens is 260 g/mol. The first-order valence-electron chi connectivity index (χ1n) is 7.77. The van der Waals surface area contributed by atoms with Gasteiger partial charge in [0.2, 0.25) is 0 Å². The van der Waals surface area contributed by atoms with E-state index >= 15 is 0 Å². The zero-order valence-electron chi connectivity index (χ0n) is 11.7. The maximum absolute atomic E-state index is 10.7. The highest BCUT2D eigenvalue weighted by Crippen LogP contribution is 2.42. The summed E-state index contributed by atoms with van der Waals surface area (Å²) in [5, 5.41) is 10.7. The van der Waals surface area contributed by atoms with E-state index in [1.165, 1.54) is 24.3 Å². The summed E-state index contributed by atoms with van der Waals surface area (Å²) in [6, 6.07) is 0. The van der Waals surface area contributed by atoms with Crippen LogP contribution in [0.3, 0.4) is 0 Å². The average Bonchev–Trinajstić information content (AvgIpc) is 2.48. The predicted octanol–water partition coefficient (Wildman–Crippen LogP) is 2.47. The molecule has 1 N–H and O–H groups in total. The Balaban J connectivity index is 1.60. The summed E-state index contributed by atoms with van der Waals surface area (Å²) in [5.41, 5.74) is 0.0975. The fraction of sp³-hybridized carbons (Fsp3) is 1.00. The Morgan fingerprint density at radius 1 is 1.00 bits per heavy atom. The normalized spacial score (nSPS) is 34.3. The minimum atomic E-state index is -0.140. The number of hydrogen-bond acceptors (Lipinski definition) is 4. The highest BCUT2D eigenvalue weighted by atomic mass is 32.2. The van der Waals surface area contributed by atoms with Crippen LogP contribution in [0.2, 0.25) is 0 Å². The first kappa shape index (κ1) is 14.2. The van der Waals surface area contributed by atoms with E-state index in [2.05, 4.69) is 0 Å². The van der Waals surface area contributed by atoms with Crippen molar-refractivity contribution in [1.29, 1.82) is 0 Å². The highest BCUT2D eigenvalue weighted by Gasteiger charge is 2.42. The fourth-order valence-corrected chi connectivity index (χ4v) is 5.13. The van der Waals surface area contributed by atoms with E-state index in [0.717, 1.165) is 45.5 Å². The second-order valence-electron chi connectivity index (χ2n) is 6.34. The summed E-state index contributed by atoms with van der Waals surface area (Å²) >= 11 is 2.04. The second kappa shape index (κ2) is 6.33. The molecule has 0 aromatic carbocycles. The van der Waals surface area contributed by atoms with Crippen LogP contribution in [0, 0.1) is 11.8 Å². The number of rotatable bonds is 2. The molecule has 0 aliphatic carbocycles. The molecule has 3 aliphatic rings. The zero-order chi connectivity index (χ0) is 13.1. The standard InChI is InChI=1S/C15H26O3S/c16-14(12-1-6-17-7-2-12)13-3-8-18-15(11-13)4-9-19-10-5-15/h12-14,16H,1-11H2. The Morgan fingerprint density at radius 3 is 2.42 bits per heavy atom. The van der Waals surface area contributed by atoms with Crippen molar-refractivity contribution in [3.05, 3.63) is 0 Å². The molecule has 1 spiro atoms. The van der Waals surface area contributed by atoms with E-state index in [-0.39, 0.29) is 11.7 Å². The van der Waals surface area contributed by atoms with Gasteiger partial charge in [-0.1, -0.05) is 0 Å². The molecule has 3 heterocycles. The predicted molar refractivity (Wildman–Crippen MR) is 77.5 cm³/mol. The molecule has 0 saturated carbocycles. The summed E-state index contributed by atoms with van der Waals surface area (Å²) in [6.45, 7) is 2.50. The lowest BCUT2D eigenvalue weighted by Gasteiger charge is -2.45. The molecule has 2 unspecified atom stereocenters. The van der Waals surface area contributed by atoms with Crippen molar-refractivity contribution in [3.8, 4) is 0 Å². The van der Waals surface area contributed by atoms with Gasteiger partial charge in [-0.05, 0) is 61.9 Å². The summed E-state index contributed by atoms with van der Waals surface area (Å²) in [6.07, 6.45) is 6.38. The first-order valence-corrected chi connectivity index (χ1v) is 8.92. The van der Waals surface area contributed by atoms with Crippen LogP contribution in [0.4, 0.5) is 0 Å². The molecule has 2 atom stereocenters. The molecule has 0 radical (unpaired) electrons. The van der Waals surface area contributed by atoms with E-state index in [9.17, 15) is 5.11 Å². The van der Waals surface area contributed by atoms with Crippen LogP contribution < -0.4 is 0 Å². The van der Waals surface area contributed by atoms with Gasteiger partial charge in [-0.3, -0.25) is 0 Å². The van der Waals surface area contributed by atoms with Crippen molar-refractivity contribution in [2.45, 2.75) is 50.2 Å². The second-order valence-corrected chi connectivity index (χ2v) is 7.56. The number of thioether (sulfide) groups is 1. The van der Waals surface area contributed by atoms with E-state index in [1.807, 2.05) is 11.8 Å². The molecule has 3 fully saturated rings. The van der Waals surface area contributed by atoms with Crippen LogP contribution >= 0.6 is 11.8 Å². The van der Waals surface area contributed by atoms with Crippen LogP contribution in [0.25, 0.3) is 0 Å². The van der Waals surface area contributed by atoms with Crippen molar-refractivity contribution < 1.29 is 14.6 Å². The van der Waals surface area contributed by atoms with Crippen molar-refractivity contribution in [3.63, 3.8) is 0 Å². The minimum Gasteiger partial charge on any atom is -0.393 e. The molecule has 0 aromatic heterocycles. The maximum Gasteiger partial charge on any atom is 0.0701 e. The Hall–Kier alpha value is 0.230. The smallest absolute Gasteiger partial charge is 0.0701 e. The van der Waals surface area contributed by atoms with Crippen molar-refractivity contribution in [2.24, 2.45) is 11.8 Å². The summed E-state index contributed by atoms with van der Waals surface area (Å²) in [5.74, 6) is 3.34. The summed E-state index contributed by atoms with van der Waals surface area (Å²) in [7, 11) is 0. The molecule has 4 heteroatoms. The Kier molecular flexibility index (Phi) is 4.73. The van der Waals surface area contributed by atoms with Crippen molar-refractivity contribution >= 4 is 11.8 Å². The molecule has 0 bridgehead atoms. The average molecular weight is 286 g/mol. The Morgan fingerprint density at radius 2 is 1.68 bits per heavy atom. The minimum absolute atomic E-state index is 0.0975. The Labute approximate surface area is 120 Å². The van der Waals surface area contributed by atoms with E-state index in [0.29, 0.717) is 11.8 Å². The summed E-state index contributed by atoms with van der Waals surface area (Å²) in [4.78, 5) is 0. The van der Waals surface area contributed by atoms with Crippen LogP contribution in [-0.2, 0) is 9.47 Å². The third kappa shape index (κ3) is 3.29. The van der Waals surface area contributed by atoms with Gasteiger partial charge in [0.05, 0.1) is 11.7 Å². The number of hydrogen-bond donors (Lipinski definition) is 1. The third-order valence-electron chi connectivity index (χ3n) is 5.17. The molecule has 0 aromatic rings. The fourth-order valence-electron chi connectivity index (χ4n) is 3.89. The van der Waals surface area contributed by atoms with Gasteiger partial charge in [-0.15, -0.1) is 0 Å². The van der Waals surface area contributed by atoms with Gasteiger partial charge in [-0.25, -0.2) is 0 Å². The molecule has 19 heavy (non-hydrogen) atoms.